The van der Waals surface area contributed by atoms with Gasteiger partial charge in [-0.3, -0.25) is 9.59 Å². The molecule has 3 rings (SSSR count). The van der Waals surface area contributed by atoms with Crippen LogP contribution in [0.15, 0.2) is 18.2 Å². The molecular formula is C18H22F2N2O3. The van der Waals surface area contributed by atoms with Crippen LogP contribution in [0.3, 0.4) is 0 Å². The maximum Gasteiger partial charge on any atom is 0.313 e. The van der Waals surface area contributed by atoms with E-state index in [4.69, 9.17) is 0 Å². The Morgan fingerprint density at radius 3 is 2.88 bits per heavy atom. The van der Waals surface area contributed by atoms with Crippen LogP contribution in [0.5, 0.6) is 0 Å². The zero-order valence-electron chi connectivity index (χ0n) is 13.9. The monoisotopic (exact) mass is 352 g/mol. The molecule has 2 N–H and O–H groups in total. The Balaban J connectivity index is 1.65. The van der Waals surface area contributed by atoms with Crippen molar-refractivity contribution in [3.05, 3.63) is 35.4 Å². The molecule has 0 aromatic heterocycles. The molecule has 2 saturated heterocycles. The van der Waals surface area contributed by atoms with Crippen molar-refractivity contribution in [2.45, 2.75) is 38.1 Å². The predicted molar refractivity (Wildman–Crippen MR) is 87.0 cm³/mol. The minimum atomic E-state index is -0.937. The summed E-state index contributed by atoms with van der Waals surface area (Å²) in [6.07, 6.45) is 2.17. The summed E-state index contributed by atoms with van der Waals surface area (Å²) in [4.78, 5) is 26.0. The second kappa shape index (κ2) is 7.07. The fraction of sp³-hybridized carbons (Fsp3) is 0.556. The fourth-order valence-electron chi connectivity index (χ4n) is 3.98. The Morgan fingerprint density at radius 1 is 1.36 bits per heavy atom. The molecule has 0 unspecified atom stereocenters. The highest BCUT2D eigenvalue weighted by Gasteiger charge is 2.51. The van der Waals surface area contributed by atoms with Gasteiger partial charge in [0.05, 0.1) is 0 Å². The molecule has 0 radical (unpaired) electrons. The molecule has 1 amide bonds. The summed E-state index contributed by atoms with van der Waals surface area (Å²) in [5.41, 5.74) is -0.648. The number of hydrogen-bond acceptors (Lipinski definition) is 3. The van der Waals surface area contributed by atoms with Crippen LogP contribution in [0, 0.1) is 17.0 Å². The highest BCUT2D eigenvalue weighted by molar-refractivity contribution is 5.80. The molecule has 0 aliphatic carbocycles. The van der Waals surface area contributed by atoms with E-state index in [1.165, 1.54) is 12.1 Å². The lowest BCUT2D eigenvalue weighted by atomic mass is 9.70. The number of likely N-dealkylation sites (tertiary alicyclic amines) is 1. The lowest BCUT2D eigenvalue weighted by Gasteiger charge is -2.48. The molecule has 1 aromatic rings. The number of hydrogen-bond donors (Lipinski definition) is 2. The van der Waals surface area contributed by atoms with Crippen LogP contribution >= 0.6 is 0 Å². The Morgan fingerprint density at radius 2 is 2.16 bits per heavy atom. The lowest BCUT2D eigenvalue weighted by molar-refractivity contribution is -0.159. The summed E-state index contributed by atoms with van der Waals surface area (Å²) < 4.78 is 26.6. The van der Waals surface area contributed by atoms with Gasteiger partial charge in [0.25, 0.3) is 0 Å². The van der Waals surface area contributed by atoms with Gasteiger partial charge in [-0.15, -0.1) is 0 Å². The van der Waals surface area contributed by atoms with Crippen LogP contribution in [-0.2, 0) is 16.0 Å². The highest BCUT2D eigenvalue weighted by atomic mass is 19.1. The normalized spacial score (nSPS) is 26.2. The van der Waals surface area contributed by atoms with Crippen LogP contribution in [0.1, 0.15) is 31.2 Å². The largest absolute Gasteiger partial charge is 0.481 e. The summed E-state index contributed by atoms with van der Waals surface area (Å²) in [7, 11) is 0. The van der Waals surface area contributed by atoms with Gasteiger partial charge in [-0.05, 0) is 43.9 Å². The van der Waals surface area contributed by atoms with Gasteiger partial charge in [0, 0.05) is 31.6 Å². The summed E-state index contributed by atoms with van der Waals surface area (Å²) in [6.45, 7) is 1.49. The minimum Gasteiger partial charge on any atom is -0.481 e. The zero-order chi connectivity index (χ0) is 18.0. The average molecular weight is 352 g/mol. The van der Waals surface area contributed by atoms with E-state index in [1.54, 1.807) is 4.90 Å². The zero-order valence-corrected chi connectivity index (χ0v) is 13.9. The third-order valence-electron chi connectivity index (χ3n) is 5.42. The molecule has 5 nitrogen and oxygen atoms in total. The Kier molecular flexibility index (Phi) is 5.03. The summed E-state index contributed by atoms with van der Waals surface area (Å²) in [5.74, 6) is -2.37. The number of carboxylic acids is 1. The van der Waals surface area contributed by atoms with E-state index >= 15 is 0 Å². The maximum atomic E-state index is 13.7. The second-order valence-corrected chi connectivity index (χ2v) is 6.91. The van der Waals surface area contributed by atoms with Crippen LogP contribution in [0.25, 0.3) is 0 Å². The average Bonchev–Trinajstić information content (AvgIpc) is 2.60. The number of rotatable bonds is 4. The van der Waals surface area contributed by atoms with Crippen LogP contribution in [0.4, 0.5) is 8.78 Å². The summed E-state index contributed by atoms with van der Waals surface area (Å²) in [6, 6.07) is 3.20. The van der Waals surface area contributed by atoms with Crippen LogP contribution < -0.4 is 5.32 Å². The van der Waals surface area contributed by atoms with Crippen LogP contribution in [0.2, 0.25) is 0 Å². The van der Waals surface area contributed by atoms with E-state index in [9.17, 15) is 23.5 Å². The van der Waals surface area contributed by atoms with E-state index in [1.807, 2.05) is 0 Å². The Bertz CT molecular complexity index is 682. The molecule has 0 bridgehead atoms. The smallest absolute Gasteiger partial charge is 0.313 e. The number of benzene rings is 1. The summed E-state index contributed by atoms with van der Waals surface area (Å²) >= 11 is 0. The first-order valence-corrected chi connectivity index (χ1v) is 8.61. The number of carbonyl (C=O) groups excluding carboxylic acids is 1. The van der Waals surface area contributed by atoms with E-state index in [-0.39, 0.29) is 36.9 Å². The molecule has 2 fully saturated rings. The quantitative estimate of drug-likeness (QED) is 0.869. The lowest BCUT2D eigenvalue weighted by Crippen LogP contribution is -2.63. The van der Waals surface area contributed by atoms with E-state index in [0.29, 0.717) is 19.4 Å². The number of aryl methyl sites for hydroxylation is 1. The van der Waals surface area contributed by atoms with Crippen molar-refractivity contribution in [2.75, 3.05) is 19.6 Å². The first kappa shape index (κ1) is 17.8. The van der Waals surface area contributed by atoms with Gasteiger partial charge in [0.1, 0.15) is 17.0 Å². The molecule has 2 heterocycles. The van der Waals surface area contributed by atoms with Gasteiger partial charge in [-0.1, -0.05) is 6.07 Å². The number of carbonyl (C=O) groups is 2. The number of carboxylic acid groups (broad SMARTS) is 1. The molecule has 2 atom stereocenters. The standard InChI is InChI=1S/C18H22F2N2O3/c19-13-4-2-12(14(20)10-13)3-5-16(23)22-9-6-15-18(11-22,17(24)25)7-1-8-21-15/h2,4,10,15,21H,1,3,5-9,11H2,(H,24,25)/t15-,18+/m1/s1. The molecule has 136 valence electrons. The van der Waals surface area contributed by atoms with E-state index < -0.39 is 23.0 Å². The minimum absolute atomic E-state index is 0.0797. The third-order valence-corrected chi connectivity index (χ3v) is 5.42. The second-order valence-electron chi connectivity index (χ2n) is 6.91. The Hall–Kier alpha value is -2.02. The van der Waals surface area contributed by atoms with Gasteiger partial charge >= 0.3 is 5.97 Å². The number of nitrogens with zero attached hydrogens (tertiary/aromatic N) is 1. The van der Waals surface area contributed by atoms with Gasteiger partial charge in [-0.25, -0.2) is 8.78 Å². The molecule has 2 aliphatic heterocycles. The van der Waals surface area contributed by atoms with Gasteiger partial charge in [0.2, 0.25) is 5.91 Å². The topological polar surface area (TPSA) is 69.6 Å². The van der Waals surface area contributed by atoms with Gasteiger partial charge < -0.3 is 15.3 Å². The van der Waals surface area contributed by atoms with Gasteiger partial charge in [0.15, 0.2) is 0 Å². The maximum absolute atomic E-state index is 13.7. The van der Waals surface area contributed by atoms with E-state index in [0.717, 1.165) is 19.0 Å². The molecule has 25 heavy (non-hydrogen) atoms. The van der Waals surface area contributed by atoms with Gasteiger partial charge in [-0.2, -0.15) is 0 Å². The summed E-state index contributed by atoms with van der Waals surface area (Å²) in [5, 5.41) is 13.0. The van der Waals surface area contributed by atoms with Crippen molar-refractivity contribution in [2.24, 2.45) is 5.41 Å². The van der Waals surface area contributed by atoms with Crippen molar-refractivity contribution in [1.82, 2.24) is 10.2 Å². The van der Waals surface area contributed by atoms with E-state index in [2.05, 4.69) is 5.32 Å². The van der Waals surface area contributed by atoms with Crippen molar-refractivity contribution >= 4 is 11.9 Å². The molecule has 2 aliphatic rings. The first-order valence-electron chi connectivity index (χ1n) is 8.61. The van der Waals surface area contributed by atoms with Crippen molar-refractivity contribution in [3.63, 3.8) is 0 Å². The first-order chi connectivity index (χ1) is 11.9. The predicted octanol–water partition coefficient (Wildman–Crippen LogP) is 1.95. The number of piperidine rings is 2. The Labute approximate surface area is 145 Å². The SMILES string of the molecule is O=C(CCc1ccc(F)cc1F)N1CC[C@H]2NCCC[C@]2(C(=O)O)C1. The van der Waals surface area contributed by atoms with Crippen molar-refractivity contribution < 1.29 is 23.5 Å². The van der Waals surface area contributed by atoms with Crippen molar-refractivity contribution in [1.29, 1.82) is 0 Å². The van der Waals surface area contributed by atoms with Crippen molar-refractivity contribution in [3.8, 4) is 0 Å². The number of aliphatic carboxylic acids is 1. The number of amides is 1. The molecular weight excluding hydrogens is 330 g/mol. The van der Waals surface area contributed by atoms with Crippen LogP contribution in [-0.4, -0.2) is 47.6 Å². The number of fused-ring (bicyclic) bond motifs is 1. The third kappa shape index (κ3) is 3.51. The molecule has 1 aromatic carbocycles. The number of halogens is 2. The number of nitrogens with one attached hydrogen (secondary N) is 1. The molecule has 0 saturated carbocycles. The molecule has 7 heteroatoms. The highest BCUT2D eigenvalue weighted by Crippen LogP contribution is 2.38. The molecule has 0 spiro atoms. The fourth-order valence-corrected chi connectivity index (χ4v) is 3.98.